The molecule has 0 amide bonds. The lowest BCUT2D eigenvalue weighted by atomic mass is 10.3. The number of fused-ring (bicyclic) bond motifs is 1. The fraction of sp³-hybridized carbons (Fsp3) is 0. The summed E-state index contributed by atoms with van der Waals surface area (Å²) in [6.45, 7) is 0. The van der Waals surface area contributed by atoms with Crippen molar-refractivity contribution in [1.29, 1.82) is 0 Å². The second-order valence-electron chi connectivity index (χ2n) is 2.14. The smallest absolute Gasteiger partial charge is 0.236 e. The number of pyridine rings is 1. The van der Waals surface area contributed by atoms with Crippen LogP contribution < -0.4 is 0 Å². The van der Waals surface area contributed by atoms with Gasteiger partial charge in [0.05, 0.1) is 0 Å². The SMILES string of the molecule is [B]n1ccc2cccnc21. The average molecular weight is 128 g/mol. The van der Waals surface area contributed by atoms with E-state index in [4.69, 9.17) is 7.98 Å². The van der Waals surface area contributed by atoms with Crippen LogP contribution >= 0.6 is 0 Å². The van der Waals surface area contributed by atoms with E-state index < -0.39 is 0 Å². The van der Waals surface area contributed by atoms with Gasteiger partial charge >= 0.3 is 0 Å². The maximum Gasteiger partial charge on any atom is 0.236 e. The van der Waals surface area contributed by atoms with E-state index in [1.54, 1.807) is 12.4 Å². The first-order chi connectivity index (χ1) is 4.88. The molecule has 0 aliphatic heterocycles. The first-order valence-electron chi connectivity index (χ1n) is 3.05. The highest BCUT2D eigenvalue weighted by Crippen LogP contribution is 2.08. The van der Waals surface area contributed by atoms with Crippen molar-refractivity contribution in [2.75, 3.05) is 0 Å². The summed E-state index contributed by atoms with van der Waals surface area (Å²) in [6, 6.07) is 5.80. The van der Waals surface area contributed by atoms with Crippen LogP contribution in [0.15, 0.2) is 30.6 Å². The molecule has 0 N–H and O–H groups in total. The second kappa shape index (κ2) is 1.87. The van der Waals surface area contributed by atoms with E-state index >= 15 is 0 Å². The Kier molecular flexibility index (Phi) is 1.03. The summed E-state index contributed by atoms with van der Waals surface area (Å²) < 4.78 is 1.51. The van der Waals surface area contributed by atoms with Crippen molar-refractivity contribution in [3.05, 3.63) is 30.6 Å². The van der Waals surface area contributed by atoms with Gasteiger partial charge in [0.25, 0.3) is 0 Å². The quantitative estimate of drug-likeness (QED) is 0.483. The number of nitrogens with zero attached hydrogens (tertiary/aromatic N) is 2. The van der Waals surface area contributed by atoms with E-state index in [9.17, 15) is 0 Å². The van der Waals surface area contributed by atoms with Crippen molar-refractivity contribution in [1.82, 2.24) is 9.46 Å². The molecule has 46 valence electrons. The van der Waals surface area contributed by atoms with Crippen molar-refractivity contribution < 1.29 is 0 Å². The molecule has 2 heterocycles. The molecule has 2 aromatic rings. The zero-order valence-electron chi connectivity index (χ0n) is 5.36. The van der Waals surface area contributed by atoms with E-state index in [1.165, 1.54) is 4.48 Å². The van der Waals surface area contributed by atoms with Gasteiger partial charge in [0.15, 0.2) is 0 Å². The maximum absolute atomic E-state index is 5.53. The van der Waals surface area contributed by atoms with Crippen molar-refractivity contribution >= 4 is 19.0 Å². The third-order valence-electron chi connectivity index (χ3n) is 1.48. The summed E-state index contributed by atoms with van der Waals surface area (Å²) in [5.74, 6) is 0. The van der Waals surface area contributed by atoms with Crippen LogP contribution in [0.1, 0.15) is 0 Å². The van der Waals surface area contributed by atoms with Gasteiger partial charge in [0.2, 0.25) is 7.98 Å². The molecule has 0 fully saturated rings. The van der Waals surface area contributed by atoms with Gasteiger partial charge in [0, 0.05) is 11.6 Å². The normalized spacial score (nSPS) is 10.4. The Labute approximate surface area is 59.9 Å². The highest BCUT2D eigenvalue weighted by atomic mass is 14.9. The Hall–Kier alpha value is -1.25. The molecule has 0 aliphatic carbocycles. The minimum absolute atomic E-state index is 0.822. The third-order valence-corrected chi connectivity index (χ3v) is 1.48. The second-order valence-corrected chi connectivity index (χ2v) is 2.14. The number of aromatic nitrogens is 2. The monoisotopic (exact) mass is 128 g/mol. The van der Waals surface area contributed by atoms with Gasteiger partial charge in [0.1, 0.15) is 5.65 Å². The predicted molar refractivity (Wildman–Crippen MR) is 40.9 cm³/mol. The van der Waals surface area contributed by atoms with E-state index in [0.29, 0.717) is 0 Å². The summed E-state index contributed by atoms with van der Waals surface area (Å²) in [5.41, 5.74) is 0.822. The zero-order chi connectivity index (χ0) is 6.97. The largest absolute Gasteiger partial charge is 0.388 e. The molecule has 0 atom stereocenters. The molecule has 0 aliphatic rings. The lowest BCUT2D eigenvalue weighted by Crippen LogP contribution is -1.88. The minimum Gasteiger partial charge on any atom is -0.388 e. The molecular weight excluding hydrogens is 123 g/mol. The fourth-order valence-electron chi connectivity index (χ4n) is 0.986. The van der Waals surface area contributed by atoms with Crippen LogP contribution in [0.3, 0.4) is 0 Å². The first kappa shape index (κ1) is 5.53. The Morgan fingerprint density at radius 2 is 2.30 bits per heavy atom. The minimum atomic E-state index is 0.822. The Morgan fingerprint density at radius 1 is 1.40 bits per heavy atom. The van der Waals surface area contributed by atoms with Crippen LogP contribution in [0.5, 0.6) is 0 Å². The summed E-state index contributed by atoms with van der Waals surface area (Å²) in [5, 5.41) is 1.07. The topological polar surface area (TPSA) is 17.8 Å². The number of hydrogen-bond acceptors (Lipinski definition) is 1. The van der Waals surface area contributed by atoms with Gasteiger partial charge in [-0.05, 0) is 24.4 Å². The molecule has 2 nitrogen and oxygen atoms in total. The van der Waals surface area contributed by atoms with E-state index in [-0.39, 0.29) is 0 Å². The van der Waals surface area contributed by atoms with Gasteiger partial charge in [-0.3, -0.25) is 0 Å². The van der Waals surface area contributed by atoms with Gasteiger partial charge in [-0.2, -0.15) is 0 Å². The van der Waals surface area contributed by atoms with Crippen LogP contribution in [0.4, 0.5) is 0 Å². The van der Waals surface area contributed by atoms with E-state index in [0.717, 1.165) is 11.0 Å². The third kappa shape index (κ3) is 0.636. The molecule has 2 aromatic heterocycles. The number of rotatable bonds is 0. The summed E-state index contributed by atoms with van der Waals surface area (Å²) in [4.78, 5) is 4.08. The standard InChI is InChI=1S/C7H5BN2/c8-10-5-3-6-2-1-4-9-7(6)10/h1-5H. The molecular formula is C7H5BN2. The van der Waals surface area contributed by atoms with Crippen molar-refractivity contribution in [3.63, 3.8) is 0 Å². The van der Waals surface area contributed by atoms with Crippen LogP contribution in [0, 0.1) is 0 Å². The van der Waals surface area contributed by atoms with Gasteiger partial charge in [-0.15, -0.1) is 0 Å². The molecule has 2 rings (SSSR count). The lowest BCUT2D eigenvalue weighted by Gasteiger charge is -1.91. The molecule has 0 spiro atoms. The molecule has 0 saturated heterocycles. The zero-order valence-corrected chi connectivity index (χ0v) is 5.36. The summed E-state index contributed by atoms with van der Waals surface area (Å²) in [6.07, 6.45) is 3.52. The average Bonchev–Trinajstić information content (AvgIpc) is 2.34. The molecule has 10 heavy (non-hydrogen) atoms. The number of hydrogen-bond donors (Lipinski definition) is 0. The van der Waals surface area contributed by atoms with E-state index in [1.807, 2.05) is 18.2 Å². The molecule has 2 radical (unpaired) electrons. The van der Waals surface area contributed by atoms with Crippen molar-refractivity contribution in [3.8, 4) is 0 Å². The maximum atomic E-state index is 5.53. The highest BCUT2D eigenvalue weighted by molar-refractivity contribution is 6.10. The first-order valence-corrected chi connectivity index (χ1v) is 3.05. The Balaban J connectivity index is 2.93. The molecule has 0 saturated carbocycles. The van der Waals surface area contributed by atoms with Crippen LogP contribution in [-0.4, -0.2) is 17.4 Å². The van der Waals surface area contributed by atoms with Crippen LogP contribution in [-0.2, 0) is 0 Å². The summed E-state index contributed by atoms with van der Waals surface area (Å²) in [7, 11) is 5.53. The van der Waals surface area contributed by atoms with Crippen molar-refractivity contribution in [2.24, 2.45) is 0 Å². The Morgan fingerprint density at radius 3 is 3.10 bits per heavy atom. The molecule has 0 bridgehead atoms. The highest BCUT2D eigenvalue weighted by Gasteiger charge is 1.93. The Bertz CT molecular complexity index is 353. The summed E-state index contributed by atoms with van der Waals surface area (Å²) >= 11 is 0. The van der Waals surface area contributed by atoms with Crippen molar-refractivity contribution in [2.45, 2.75) is 0 Å². The molecule has 0 aromatic carbocycles. The van der Waals surface area contributed by atoms with E-state index in [2.05, 4.69) is 4.98 Å². The van der Waals surface area contributed by atoms with Gasteiger partial charge in [-0.1, -0.05) is 0 Å². The molecule has 0 unspecified atom stereocenters. The molecule has 3 heteroatoms. The van der Waals surface area contributed by atoms with Crippen LogP contribution in [0.2, 0.25) is 0 Å². The van der Waals surface area contributed by atoms with Gasteiger partial charge < -0.3 is 4.48 Å². The fourth-order valence-corrected chi connectivity index (χ4v) is 0.986. The lowest BCUT2D eigenvalue weighted by molar-refractivity contribution is 1.24. The van der Waals surface area contributed by atoms with Crippen LogP contribution in [0.25, 0.3) is 11.0 Å². The predicted octanol–water partition coefficient (Wildman–Crippen LogP) is 0.968. The van der Waals surface area contributed by atoms with Gasteiger partial charge in [-0.25, -0.2) is 4.98 Å².